The van der Waals surface area contributed by atoms with Crippen molar-refractivity contribution in [1.82, 2.24) is 9.97 Å². The maximum absolute atomic E-state index is 4.80. The lowest BCUT2D eigenvalue weighted by Gasteiger charge is -2.29. The summed E-state index contributed by atoms with van der Waals surface area (Å²) in [6, 6.07) is 2.66. The predicted octanol–water partition coefficient (Wildman–Crippen LogP) is 4.70. The molecule has 1 aliphatic carbocycles. The van der Waals surface area contributed by atoms with Gasteiger partial charge in [-0.2, -0.15) is 0 Å². The van der Waals surface area contributed by atoms with Gasteiger partial charge in [0.15, 0.2) is 0 Å². The maximum atomic E-state index is 4.80. The summed E-state index contributed by atoms with van der Waals surface area (Å²) in [7, 11) is 2.18. The largest absolute Gasteiger partial charge is 0.357 e. The summed E-state index contributed by atoms with van der Waals surface area (Å²) < 4.78 is 0.882. The van der Waals surface area contributed by atoms with Crippen molar-refractivity contribution in [3.05, 3.63) is 16.5 Å². The van der Waals surface area contributed by atoms with Crippen molar-refractivity contribution in [2.45, 2.75) is 70.8 Å². The molecule has 2 rings (SSSR count). The lowest BCUT2D eigenvalue weighted by molar-refractivity contribution is 0.527. The van der Waals surface area contributed by atoms with Gasteiger partial charge in [-0.1, -0.05) is 46.5 Å². The molecule has 20 heavy (non-hydrogen) atoms. The van der Waals surface area contributed by atoms with Gasteiger partial charge in [-0.05, 0) is 28.8 Å². The minimum Gasteiger partial charge on any atom is -0.357 e. The van der Waals surface area contributed by atoms with Gasteiger partial charge in [0, 0.05) is 24.6 Å². The zero-order chi connectivity index (χ0) is 14.8. The van der Waals surface area contributed by atoms with Crippen molar-refractivity contribution in [3.8, 4) is 0 Å². The lowest BCUT2D eigenvalue weighted by Crippen LogP contribution is -2.32. The third-order valence-electron chi connectivity index (χ3n) is 4.09. The van der Waals surface area contributed by atoms with Crippen molar-refractivity contribution in [2.24, 2.45) is 0 Å². The number of nitrogens with zero attached hydrogens (tertiary/aromatic N) is 3. The molecule has 1 fully saturated rings. The fourth-order valence-corrected chi connectivity index (χ4v) is 3.13. The van der Waals surface area contributed by atoms with E-state index in [2.05, 4.69) is 53.6 Å². The zero-order valence-corrected chi connectivity index (χ0v) is 14.7. The molecule has 0 aliphatic heterocycles. The van der Waals surface area contributed by atoms with Crippen molar-refractivity contribution < 1.29 is 0 Å². The second kappa shape index (κ2) is 6.42. The lowest BCUT2D eigenvalue weighted by atomic mass is 9.96. The first-order valence-corrected chi connectivity index (χ1v) is 8.45. The molecule has 0 spiro atoms. The number of anilines is 1. The molecule has 0 unspecified atom stereocenters. The molecule has 3 nitrogen and oxygen atoms in total. The average molecular weight is 340 g/mol. The van der Waals surface area contributed by atoms with Crippen LogP contribution in [0.15, 0.2) is 10.7 Å². The Kier molecular flexibility index (Phi) is 5.05. The minimum absolute atomic E-state index is 0.0250. The van der Waals surface area contributed by atoms with Crippen molar-refractivity contribution in [3.63, 3.8) is 0 Å². The number of hydrogen-bond donors (Lipinski definition) is 0. The predicted molar refractivity (Wildman–Crippen MR) is 88.3 cm³/mol. The van der Waals surface area contributed by atoms with Gasteiger partial charge >= 0.3 is 0 Å². The summed E-state index contributed by atoms with van der Waals surface area (Å²) >= 11 is 3.54. The van der Waals surface area contributed by atoms with Gasteiger partial charge in [0.2, 0.25) is 0 Å². The van der Waals surface area contributed by atoms with Crippen LogP contribution in [0.3, 0.4) is 0 Å². The normalized spacial score (nSPS) is 17.9. The summed E-state index contributed by atoms with van der Waals surface area (Å²) in [4.78, 5) is 11.7. The fourth-order valence-electron chi connectivity index (χ4n) is 2.75. The Morgan fingerprint density at radius 2 is 1.70 bits per heavy atom. The summed E-state index contributed by atoms with van der Waals surface area (Å²) in [6.45, 7) is 6.47. The SMILES string of the molecule is CN(c1cc(Br)nc(C(C)(C)C)n1)C1CCCCCC1. The molecule has 0 aromatic carbocycles. The molecule has 0 bridgehead atoms. The van der Waals surface area contributed by atoms with Gasteiger partial charge in [-0.25, -0.2) is 9.97 Å². The molecule has 0 saturated heterocycles. The third-order valence-corrected chi connectivity index (χ3v) is 4.49. The molecule has 1 aromatic heterocycles. The molecule has 112 valence electrons. The second-order valence-electron chi connectivity index (χ2n) is 6.88. The third kappa shape index (κ3) is 3.94. The molecule has 0 radical (unpaired) electrons. The van der Waals surface area contributed by atoms with Crippen LogP contribution in [0.25, 0.3) is 0 Å². The minimum atomic E-state index is -0.0250. The van der Waals surface area contributed by atoms with Crippen LogP contribution < -0.4 is 4.90 Å². The van der Waals surface area contributed by atoms with E-state index in [1.807, 2.05) is 6.07 Å². The first kappa shape index (κ1) is 15.7. The molecular weight excluding hydrogens is 314 g/mol. The molecule has 1 aromatic rings. The second-order valence-corrected chi connectivity index (χ2v) is 7.69. The van der Waals surface area contributed by atoms with E-state index >= 15 is 0 Å². The first-order chi connectivity index (χ1) is 9.38. The van der Waals surface area contributed by atoms with Crippen LogP contribution in [-0.4, -0.2) is 23.1 Å². The van der Waals surface area contributed by atoms with Crippen LogP contribution in [0, 0.1) is 0 Å². The highest BCUT2D eigenvalue weighted by Gasteiger charge is 2.22. The number of halogens is 1. The first-order valence-electron chi connectivity index (χ1n) is 7.66. The van der Waals surface area contributed by atoms with Gasteiger partial charge < -0.3 is 4.90 Å². The maximum Gasteiger partial charge on any atom is 0.137 e. The van der Waals surface area contributed by atoms with Crippen LogP contribution in [-0.2, 0) is 5.41 Å². The smallest absolute Gasteiger partial charge is 0.137 e. The summed E-state index contributed by atoms with van der Waals surface area (Å²) in [6.07, 6.45) is 8.00. The Bertz CT molecular complexity index is 446. The van der Waals surface area contributed by atoms with Crippen LogP contribution in [0.5, 0.6) is 0 Å². The van der Waals surface area contributed by atoms with Crippen molar-refractivity contribution in [2.75, 3.05) is 11.9 Å². The molecule has 0 amide bonds. The Labute approximate surface area is 131 Å². The van der Waals surface area contributed by atoms with Crippen LogP contribution in [0.4, 0.5) is 5.82 Å². The van der Waals surface area contributed by atoms with Gasteiger partial charge in [0.1, 0.15) is 16.2 Å². The highest BCUT2D eigenvalue weighted by Crippen LogP contribution is 2.28. The van der Waals surface area contributed by atoms with E-state index < -0.39 is 0 Å². The van der Waals surface area contributed by atoms with Crippen LogP contribution in [0.1, 0.15) is 65.1 Å². The topological polar surface area (TPSA) is 29.0 Å². The fraction of sp³-hybridized carbons (Fsp3) is 0.750. The number of hydrogen-bond acceptors (Lipinski definition) is 3. The summed E-state index contributed by atoms with van der Waals surface area (Å²) in [5.74, 6) is 1.95. The van der Waals surface area contributed by atoms with Gasteiger partial charge in [0.25, 0.3) is 0 Å². The molecular formula is C16H26BrN3. The Morgan fingerprint density at radius 3 is 2.25 bits per heavy atom. The Hall–Kier alpha value is -0.640. The number of rotatable bonds is 2. The molecule has 1 heterocycles. The van der Waals surface area contributed by atoms with Gasteiger partial charge in [0.05, 0.1) is 0 Å². The van der Waals surface area contributed by atoms with E-state index in [-0.39, 0.29) is 5.41 Å². The summed E-state index contributed by atoms with van der Waals surface area (Å²) in [5, 5.41) is 0. The van der Waals surface area contributed by atoms with E-state index in [0.29, 0.717) is 6.04 Å². The standard InChI is InChI=1S/C16H26BrN3/c1-16(2,3)15-18-13(17)11-14(19-15)20(4)12-9-7-5-6-8-10-12/h11-12H,5-10H2,1-4H3. The molecule has 1 aliphatic rings. The molecule has 0 atom stereocenters. The Balaban J connectivity index is 2.24. The highest BCUT2D eigenvalue weighted by atomic mass is 79.9. The van der Waals surface area contributed by atoms with Gasteiger partial charge in [-0.15, -0.1) is 0 Å². The molecule has 1 saturated carbocycles. The Morgan fingerprint density at radius 1 is 1.10 bits per heavy atom. The van der Waals surface area contributed by atoms with Crippen molar-refractivity contribution >= 4 is 21.7 Å². The monoisotopic (exact) mass is 339 g/mol. The zero-order valence-electron chi connectivity index (χ0n) is 13.1. The van der Waals surface area contributed by atoms with E-state index in [9.17, 15) is 0 Å². The van der Waals surface area contributed by atoms with E-state index in [0.717, 1.165) is 16.2 Å². The van der Waals surface area contributed by atoms with Crippen LogP contribution in [0.2, 0.25) is 0 Å². The van der Waals surface area contributed by atoms with E-state index in [1.54, 1.807) is 0 Å². The van der Waals surface area contributed by atoms with E-state index in [1.165, 1.54) is 38.5 Å². The highest BCUT2D eigenvalue weighted by molar-refractivity contribution is 9.10. The van der Waals surface area contributed by atoms with Crippen molar-refractivity contribution in [1.29, 1.82) is 0 Å². The van der Waals surface area contributed by atoms with Gasteiger partial charge in [-0.3, -0.25) is 0 Å². The molecule has 4 heteroatoms. The summed E-state index contributed by atoms with van der Waals surface area (Å²) in [5.41, 5.74) is -0.0250. The van der Waals surface area contributed by atoms with Crippen LogP contribution >= 0.6 is 15.9 Å². The molecule has 0 N–H and O–H groups in total. The number of aromatic nitrogens is 2. The quantitative estimate of drug-likeness (QED) is 0.577. The average Bonchev–Trinajstić information content (AvgIpc) is 2.65. The van der Waals surface area contributed by atoms with E-state index in [4.69, 9.17) is 4.98 Å².